The molecule has 2 aromatic carbocycles. The van der Waals surface area contributed by atoms with Gasteiger partial charge in [0.25, 0.3) is 0 Å². The molecule has 2 N–H and O–H groups in total. The van der Waals surface area contributed by atoms with Crippen molar-refractivity contribution >= 4 is 11.1 Å². The molecule has 1 aliphatic rings. The molecule has 1 aliphatic heterocycles. The van der Waals surface area contributed by atoms with Gasteiger partial charge in [-0.2, -0.15) is 0 Å². The van der Waals surface area contributed by atoms with Crippen LogP contribution in [0.2, 0.25) is 0 Å². The van der Waals surface area contributed by atoms with Crippen molar-refractivity contribution in [1.29, 1.82) is 0 Å². The monoisotopic (exact) mass is 408 g/mol. The van der Waals surface area contributed by atoms with E-state index in [1.165, 1.54) is 11.1 Å². The molecule has 0 bridgehead atoms. The predicted octanol–water partition coefficient (Wildman–Crippen LogP) is 4.18. The van der Waals surface area contributed by atoms with E-state index in [2.05, 4.69) is 60.1 Å². The number of fused-ring (bicyclic) bond motifs is 1. The van der Waals surface area contributed by atoms with Crippen LogP contribution in [0.1, 0.15) is 43.7 Å². The molecule has 1 saturated heterocycles. The van der Waals surface area contributed by atoms with E-state index < -0.39 is 5.76 Å². The Morgan fingerprint density at radius 3 is 2.83 bits per heavy atom. The molecule has 5 nitrogen and oxygen atoms in total. The first-order chi connectivity index (χ1) is 14.5. The lowest BCUT2D eigenvalue weighted by Crippen LogP contribution is -2.32. The number of likely N-dealkylation sites (tertiary alicyclic amines) is 1. The maximum Gasteiger partial charge on any atom is 0.417 e. The smallest absolute Gasteiger partial charge is 0.408 e. The first kappa shape index (κ1) is 20.9. The molecule has 0 spiro atoms. The van der Waals surface area contributed by atoms with Crippen molar-refractivity contribution in [3.8, 4) is 0 Å². The zero-order valence-corrected chi connectivity index (χ0v) is 17.9. The number of H-pyrrole nitrogens is 1. The van der Waals surface area contributed by atoms with E-state index in [1.807, 2.05) is 12.1 Å². The van der Waals surface area contributed by atoms with Crippen LogP contribution in [0.5, 0.6) is 0 Å². The van der Waals surface area contributed by atoms with Crippen molar-refractivity contribution in [2.45, 2.75) is 39.0 Å². The predicted molar refractivity (Wildman–Crippen MR) is 120 cm³/mol. The van der Waals surface area contributed by atoms with Gasteiger partial charge in [0.05, 0.1) is 5.52 Å². The number of aromatic nitrogens is 1. The number of rotatable bonds is 8. The van der Waals surface area contributed by atoms with Crippen LogP contribution in [0.25, 0.3) is 11.1 Å². The van der Waals surface area contributed by atoms with Crippen LogP contribution in [0.3, 0.4) is 0 Å². The number of oxazole rings is 1. The van der Waals surface area contributed by atoms with Crippen molar-refractivity contribution in [2.24, 2.45) is 11.3 Å². The molecule has 4 rings (SSSR count). The van der Waals surface area contributed by atoms with Crippen molar-refractivity contribution in [2.75, 3.05) is 26.2 Å². The molecular formula is C25H32N2O3. The first-order valence-corrected chi connectivity index (χ1v) is 11.0. The summed E-state index contributed by atoms with van der Waals surface area (Å²) in [6.45, 7) is 7.55. The van der Waals surface area contributed by atoms with Gasteiger partial charge in [-0.1, -0.05) is 50.2 Å². The molecule has 1 aromatic heterocycles. The summed E-state index contributed by atoms with van der Waals surface area (Å²) in [5.41, 5.74) is 3.86. The minimum absolute atomic E-state index is 0.0478. The number of hydrogen-bond donors (Lipinski definition) is 2. The molecule has 1 unspecified atom stereocenters. The molecule has 2 heterocycles. The molecule has 3 aromatic rings. The van der Waals surface area contributed by atoms with Crippen LogP contribution in [0, 0.1) is 11.3 Å². The van der Waals surface area contributed by atoms with Crippen molar-refractivity contribution < 1.29 is 9.52 Å². The van der Waals surface area contributed by atoms with Crippen LogP contribution >= 0.6 is 0 Å². The Labute approximate surface area is 177 Å². The van der Waals surface area contributed by atoms with Gasteiger partial charge in [-0.25, -0.2) is 4.79 Å². The van der Waals surface area contributed by atoms with E-state index in [9.17, 15) is 9.90 Å². The Balaban J connectivity index is 1.37. The maximum atomic E-state index is 11.4. The highest BCUT2D eigenvalue weighted by Gasteiger charge is 2.42. The molecule has 30 heavy (non-hydrogen) atoms. The summed E-state index contributed by atoms with van der Waals surface area (Å²) in [4.78, 5) is 16.6. The van der Waals surface area contributed by atoms with Crippen LogP contribution in [0.4, 0.5) is 0 Å². The lowest BCUT2D eigenvalue weighted by atomic mass is 9.78. The Morgan fingerprint density at radius 1 is 1.27 bits per heavy atom. The van der Waals surface area contributed by atoms with Crippen LogP contribution in [-0.2, 0) is 6.42 Å². The van der Waals surface area contributed by atoms with Gasteiger partial charge in [0.1, 0.15) is 0 Å². The number of aromatic amines is 1. The molecule has 3 atom stereocenters. The summed E-state index contributed by atoms with van der Waals surface area (Å²) in [5.74, 6) is 0.413. The maximum absolute atomic E-state index is 11.4. The number of aliphatic hydroxyl groups excluding tert-OH is 1. The highest BCUT2D eigenvalue weighted by molar-refractivity contribution is 5.72. The standard InChI is InChI=1S/C25H32N2O3/c1-18(20-11-12-22-23(13-20)30-24(29)26-22)14-27-15-21(25(2,16-27)17-28)10-6-9-19-7-4-3-5-8-19/h3-5,7-8,11-13,18,21,28H,6,9-10,14-17H2,1-2H3,(H,26,29)/t18?,21-,25-/m1/s1. The number of aryl methyl sites for hydroxylation is 1. The van der Waals surface area contributed by atoms with Crippen LogP contribution < -0.4 is 5.76 Å². The molecule has 0 aliphatic carbocycles. The number of nitrogens with one attached hydrogen (secondary N) is 1. The van der Waals surface area contributed by atoms with Gasteiger partial charge < -0.3 is 14.4 Å². The minimum Gasteiger partial charge on any atom is -0.408 e. The lowest BCUT2D eigenvalue weighted by molar-refractivity contribution is 0.106. The van der Waals surface area contributed by atoms with Crippen molar-refractivity contribution in [3.05, 3.63) is 70.2 Å². The van der Waals surface area contributed by atoms with Gasteiger partial charge in [-0.05, 0) is 54.4 Å². The second-order valence-corrected chi connectivity index (χ2v) is 9.25. The Hall–Kier alpha value is -2.37. The Morgan fingerprint density at radius 2 is 2.07 bits per heavy atom. The molecule has 5 heteroatoms. The zero-order valence-electron chi connectivity index (χ0n) is 17.9. The summed E-state index contributed by atoms with van der Waals surface area (Å²) in [6, 6.07) is 16.6. The number of hydrogen-bond acceptors (Lipinski definition) is 4. The van der Waals surface area contributed by atoms with Gasteiger partial charge in [0.15, 0.2) is 5.58 Å². The molecular weight excluding hydrogens is 376 g/mol. The first-order valence-electron chi connectivity index (χ1n) is 11.0. The lowest BCUT2D eigenvalue weighted by Gasteiger charge is -2.28. The molecule has 1 fully saturated rings. The van der Waals surface area contributed by atoms with E-state index in [0.717, 1.165) is 44.4 Å². The van der Waals surface area contributed by atoms with Gasteiger partial charge in [0, 0.05) is 31.7 Å². The van der Waals surface area contributed by atoms with E-state index in [4.69, 9.17) is 4.42 Å². The van der Waals surface area contributed by atoms with Gasteiger partial charge in [-0.3, -0.25) is 4.98 Å². The third-order valence-electron chi connectivity index (χ3n) is 6.82. The van der Waals surface area contributed by atoms with E-state index in [-0.39, 0.29) is 12.0 Å². The second-order valence-electron chi connectivity index (χ2n) is 9.25. The molecule has 0 saturated carbocycles. The normalized spacial score (nSPS) is 23.2. The Bertz CT molecular complexity index is 1030. The van der Waals surface area contributed by atoms with Gasteiger partial charge in [0.2, 0.25) is 0 Å². The summed E-state index contributed by atoms with van der Waals surface area (Å²) in [6.07, 6.45) is 3.38. The van der Waals surface area contributed by atoms with Crippen molar-refractivity contribution in [1.82, 2.24) is 9.88 Å². The van der Waals surface area contributed by atoms with E-state index >= 15 is 0 Å². The number of benzene rings is 2. The van der Waals surface area contributed by atoms with Gasteiger partial charge in [-0.15, -0.1) is 0 Å². The zero-order chi connectivity index (χ0) is 21.1. The topological polar surface area (TPSA) is 69.5 Å². The van der Waals surface area contributed by atoms with Crippen LogP contribution in [0.15, 0.2) is 57.7 Å². The fourth-order valence-corrected chi connectivity index (χ4v) is 4.95. The summed E-state index contributed by atoms with van der Waals surface area (Å²) >= 11 is 0. The van der Waals surface area contributed by atoms with Gasteiger partial charge >= 0.3 is 5.76 Å². The largest absolute Gasteiger partial charge is 0.417 e. The Kier molecular flexibility index (Phi) is 6.11. The SMILES string of the molecule is CC(CN1C[C@@H](CCCc2ccccc2)[C@@](C)(CO)C1)c1ccc2[nH]c(=O)oc2c1. The summed E-state index contributed by atoms with van der Waals surface area (Å²) in [5, 5.41) is 10.1. The van der Waals surface area contributed by atoms with Crippen LogP contribution in [-0.4, -0.2) is 41.2 Å². The van der Waals surface area contributed by atoms with E-state index in [0.29, 0.717) is 17.4 Å². The quantitative estimate of drug-likeness (QED) is 0.587. The average molecular weight is 409 g/mol. The molecule has 0 amide bonds. The van der Waals surface area contributed by atoms with Crippen molar-refractivity contribution in [3.63, 3.8) is 0 Å². The summed E-state index contributed by atoms with van der Waals surface area (Å²) in [7, 11) is 0. The average Bonchev–Trinajstić information content (AvgIpc) is 3.27. The highest BCUT2D eigenvalue weighted by atomic mass is 16.4. The molecule has 160 valence electrons. The minimum atomic E-state index is -0.411. The third kappa shape index (κ3) is 4.52. The second kappa shape index (κ2) is 8.78. The summed E-state index contributed by atoms with van der Waals surface area (Å²) < 4.78 is 5.22. The fraction of sp³-hybridized carbons (Fsp3) is 0.480. The highest BCUT2D eigenvalue weighted by Crippen LogP contribution is 2.39. The number of nitrogens with zero attached hydrogens (tertiary/aromatic N) is 1. The number of aliphatic hydroxyl groups is 1. The molecule has 0 radical (unpaired) electrons. The van der Waals surface area contributed by atoms with E-state index in [1.54, 1.807) is 0 Å². The fourth-order valence-electron chi connectivity index (χ4n) is 4.95. The third-order valence-corrected chi connectivity index (χ3v) is 6.82.